The summed E-state index contributed by atoms with van der Waals surface area (Å²) in [5, 5.41) is 0. The third kappa shape index (κ3) is 2.61. The van der Waals surface area contributed by atoms with E-state index in [0.29, 0.717) is 12.5 Å². The Morgan fingerprint density at radius 1 is 1.38 bits per heavy atom. The van der Waals surface area contributed by atoms with Crippen molar-refractivity contribution in [1.82, 2.24) is 0 Å². The Balaban J connectivity index is 1.85. The van der Waals surface area contributed by atoms with E-state index >= 15 is 0 Å². The van der Waals surface area contributed by atoms with Crippen LogP contribution in [0.15, 0.2) is 30.3 Å². The number of carbonyl (C=O) groups excluding carboxylic acids is 1. The van der Waals surface area contributed by atoms with Crippen molar-refractivity contribution in [3.8, 4) is 0 Å². The Morgan fingerprint density at radius 2 is 2.06 bits per heavy atom. The molecule has 1 saturated heterocycles. The van der Waals surface area contributed by atoms with Gasteiger partial charge in [-0.05, 0) is 11.5 Å². The van der Waals surface area contributed by atoms with Gasteiger partial charge in [-0.15, -0.1) is 0 Å². The molecular formula is C13H16O3. The highest BCUT2D eigenvalue weighted by Gasteiger charge is 2.47. The van der Waals surface area contributed by atoms with Crippen LogP contribution in [-0.4, -0.2) is 18.7 Å². The lowest BCUT2D eigenvalue weighted by molar-refractivity contribution is -0.146. The van der Waals surface area contributed by atoms with E-state index in [9.17, 15) is 4.79 Å². The molecule has 2 atom stereocenters. The van der Waals surface area contributed by atoms with Gasteiger partial charge >= 0.3 is 5.97 Å². The predicted molar refractivity (Wildman–Crippen MR) is 59.9 cm³/mol. The average Bonchev–Trinajstić information content (AvgIpc) is 3.07. The first-order chi connectivity index (χ1) is 7.68. The minimum atomic E-state index is -0.402. The van der Waals surface area contributed by atoms with Crippen molar-refractivity contribution in [3.63, 3.8) is 0 Å². The van der Waals surface area contributed by atoms with Crippen LogP contribution in [0, 0.1) is 5.92 Å². The van der Waals surface area contributed by atoms with Crippen LogP contribution in [0.1, 0.15) is 25.5 Å². The summed E-state index contributed by atoms with van der Waals surface area (Å²) in [5.74, 6) is 0.112. The standard InChI is InChI=1S/C13H16O3/c1-9(2)8-15-13(14)12-11(16-12)10-6-4-3-5-7-10/h3-7,9,11-12H,8H2,1-2H3/t11-,12+/m1/s1. The fourth-order valence-electron chi connectivity index (χ4n) is 1.52. The van der Waals surface area contributed by atoms with Crippen LogP contribution in [0.4, 0.5) is 0 Å². The Labute approximate surface area is 95.4 Å². The topological polar surface area (TPSA) is 38.8 Å². The zero-order valence-electron chi connectivity index (χ0n) is 9.55. The van der Waals surface area contributed by atoms with E-state index in [4.69, 9.17) is 9.47 Å². The summed E-state index contributed by atoms with van der Waals surface area (Å²) >= 11 is 0. The van der Waals surface area contributed by atoms with Crippen molar-refractivity contribution in [2.75, 3.05) is 6.61 Å². The summed E-state index contributed by atoms with van der Waals surface area (Å²) in [7, 11) is 0. The minimum absolute atomic E-state index is 0.110. The average molecular weight is 220 g/mol. The third-order valence-electron chi connectivity index (χ3n) is 2.41. The van der Waals surface area contributed by atoms with Crippen molar-refractivity contribution >= 4 is 5.97 Å². The molecule has 3 nitrogen and oxygen atoms in total. The zero-order valence-corrected chi connectivity index (χ0v) is 9.55. The molecule has 0 N–H and O–H groups in total. The van der Waals surface area contributed by atoms with Crippen molar-refractivity contribution in [2.45, 2.75) is 26.1 Å². The van der Waals surface area contributed by atoms with Gasteiger partial charge in [0.2, 0.25) is 0 Å². The number of rotatable bonds is 4. The van der Waals surface area contributed by atoms with Crippen molar-refractivity contribution in [3.05, 3.63) is 35.9 Å². The van der Waals surface area contributed by atoms with Gasteiger partial charge in [0.05, 0.1) is 6.61 Å². The molecule has 86 valence electrons. The largest absolute Gasteiger partial charge is 0.463 e. The molecule has 0 unspecified atom stereocenters. The summed E-state index contributed by atoms with van der Waals surface area (Å²) in [6, 6.07) is 9.74. The van der Waals surface area contributed by atoms with E-state index in [-0.39, 0.29) is 12.1 Å². The summed E-state index contributed by atoms with van der Waals surface area (Å²) in [4.78, 5) is 11.5. The number of esters is 1. The van der Waals surface area contributed by atoms with Gasteiger partial charge in [-0.1, -0.05) is 44.2 Å². The first-order valence-corrected chi connectivity index (χ1v) is 5.55. The lowest BCUT2D eigenvalue weighted by atomic mass is 10.1. The molecule has 0 spiro atoms. The van der Waals surface area contributed by atoms with Crippen molar-refractivity contribution < 1.29 is 14.3 Å². The molecule has 1 aliphatic rings. The number of ether oxygens (including phenoxy) is 2. The van der Waals surface area contributed by atoms with Crippen molar-refractivity contribution in [1.29, 1.82) is 0 Å². The molecule has 0 amide bonds. The molecule has 0 aromatic heterocycles. The molecule has 1 aromatic rings. The number of carbonyl (C=O) groups is 1. The van der Waals surface area contributed by atoms with E-state index in [1.54, 1.807) is 0 Å². The van der Waals surface area contributed by atoms with Crippen LogP contribution in [0.3, 0.4) is 0 Å². The molecule has 16 heavy (non-hydrogen) atoms. The van der Waals surface area contributed by atoms with Gasteiger partial charge in [-0.3, -0.25) is 0 Å². The second-order valence-corrected chi connectivity index (χ2v) is 4.41. The number of benzene rings is 1. The smallest absolute Gasteiger partial charge is 0.338 e. The highest BCUT2D eigenvalue weighted by atomic mass is 16.6. The Hall–Kier alpha value is -1.35. The van der Waals surface area contributed by atoms with E-state index in [1.165, 1.54) is 0 Å². The molecular weight excluding hydrogens is 204 g/mol. The van der Waals surface area contributed by atoms with Crippen LogP contribution in [-0.2, 0) is 14.3 Å². The van der Waals surface area contributed by atoms with E-state index < -0.39 is 6.10 Å². The molecule has 1 heterocycles. The maximum Gasteiger partial charge on any atom is 0.338 e. The normalized spacial score (nSPS) is 23.2. The SMILES string of the molecule is CC(C)COC(=O)[C@H]1O[C@@H]1c1ccccc1. The van der Waals surface area contributed by atoms with Gasteiger partial charge in [0, 0.05) is 0 Å². The fraction of sp³-hybridized carbons (Fsp3) is 0.462. The Kier molecular flexibility index (Phi) is 3.25. The van der Waals surface area contributed by atoms with Gasteiger partial charge in [-0.25, -0.2) is 4.79 Å². The number of hydrogen-bond donors (Lipinski definition) is 0. The molecule has 3 heteroatoms. The van der Waals surface area contributed by atoms with Crippen LogP contribution in [0.2, 0.25) is 0 Å². The van der Waals surface area contributed by atoms with Crippen LogP contribution in [0.25, 0.3) is 0 Å². The van der Waals surface area contributed by atoms with Gasteiger partial charge < -0.3 is 9.47 Å². The molecule has 0 aliphatic carbocycles. The summed E-state index contributed by atoms with van der Waals surface area (Å²) in [5.41, 5.74) is 1.04. The summed E-state index contributed by atoms with van der Waals surface area (Å²) in [6.45, 7) is 4.48. The van der Waals surface area contributed by atoms with Gasteiger partial charge in [0.1, 0.15) is 6.10 Å². The molecule has 0 radical (unpaired) electrons. The third-order valence-corrected chi connectivity index (χ3v) is 2.41. The Morgan fingerprint density at radius 3 is 2.69 bits per heavy atom. The zero-order chi connectivity index (χ0) is 11.5. The molecule has 2 rings (SSSR count). The van der Waals surface area contributed by atoms with Gasteiger partial charge in [0.25, 0.3) is 0 Å². The second kappa shape index (κ2) is 4.66. The number of hydrogen-bond acceptors (Lipinski definition) is 3. The lowest BCUT2D eigenvalue weighted by Crippen LogP contribution is -2.15. The maximum atomic E-state index is 11.5. The van der Waals surface area contributed by atoms with Crippen LogP contribution >= 0.6 is 0 Å². The molecule has 0 saturated carbocycles. The van der Waals surface area contributed by atoms with Crippen molar-refractivity contribution in [2.24, 2.45) is 5.92 Å². The van der Waals surface area contributed by atoms with Crippen LogP contribution in [0.5, 0.6) is 0 Å². The molecule has 0 bridgehead atoms. The molecule has 1 aliphatic heterocycles. The van der Waals surface area contributed by atoms with E-state index in [1.807, 2.05) is 44.2 Å². The highest BCUT2D eigenvalue weighted by molar-refractivity contribution is 5.78. The number of epoxide rings is 1. The summed E-state index contributed by atoms with van der Waals surface area (Å²) in [6.07, 6.45) is -0.512. The molecule has 1 fully saturated rings. The van der Waals surface area contributed by atoms with Gasteiger partial charge in [0.15, 0.2) is 6.10 Å². The first-order valence-electron chi connectivity index (χ1n) is 5.55. The lowest BCUT2D eigenvalue weighted by Gasteiger charge is -2.04. The highest BCUT2D eigenvalue weighted by Crippen LogP contribution is 2.39. The summed E-state index contributed by atoms with van der Waals surface area (Å²) < 4.78 is 10.4. The molecule has 1 aromatic carbocycles. The first kappa shape index (κ1) is 11.1. The van der Waals surface area contributed by atoms with E-state index in [2.05, 4.69) is 0 Å². The Bertz CT molecular complexity index is 359. The van der Waals surface area contributed by atoms with Gasteiger partial charge in [-0.2, -0.15) is 0 Å². The van der Waals surface area contributed by atoms with Crippen LogP contribution < -0.4 is 0 Å². The monoisotopic (exact) mass is 220 g/mol. The maximum absolute atomic E-state index is 11.5. The minimum Gasteiger partial charge on any atom is -0.463 e. The second-order valence-electron chi connectivity index (χ2n) is 4.41. The fourth-order valence-corrected chi connectivity index (χ4v) is 1.52. The quantitative estimate of drug-likeness (QED) is 0.577. The predicted octanol–water partition coefficient (Wildman–Crippen LogP) is 2.33. The van der Waals surface area contributed by atoms with E-state index in [0.717, 1.165) is 5.56 Å².